The normalized spacial score (nSPS) is 2.00. The number of rotatable bonds is 0. The van der Waals surface area contributed by atoms with Gasteiger partial charge in [-0.15, -0.1) is 0 Å². The van der Waals surface area contributed by atoms with Crippen molar-refractivity contribution in [2.75, 3.05) is 0 Å². The molecule has 0 aliphatic carbocycles. The van der Waals surface area contributed by atoms with Gasteiger partial charge in [-0.3, -0.25) is 0 Å². The Morgan fingerprint density at radius 3 is 1.00 bits per heavy atom. The first-order valence-corrected chi connectivity index (χ1v) is 0.847. The summed E-state index contributed by atoms with van der Waals surface area (Å²) in [5, 5.41) is 17.2. The molecule has 0 rings (SSSR count). The third kappa shape index (κ3) is 60.4. The molecule has 0 amide bonds. The molecule has 0 aromatic heterocycles. The van der Waals surface area contributed by atoms with Crippen LogP contribution in [0.4, 0.5) is 0 Å². The molecule has 0 aromatic rings. The SMILES string of the molecule is [C-]#[N+]O.[C-]#[N+]O.[Cu]. The zero-order valence-electron chi connectivity index (χ0n) is 3.09. The van der Waals surface area contributed by atoms with Crippen molar-refractivity contribution in [1.29, 1.82) is 0 Å². The van der Waals surface area contributed by atoms with E-state index in [1.165, 1.54) is 0 Å². The summed E-state index contributed by atoms with van der Waals surface area (Å²) in [7, 11) is 0. The van der Waals surface area contributed by atoms with Crippen LogP contribution in [0.2, 0.25) is 0 Å². The molecule has 0 spiro atoms. The third-order valence-corrected chi connectivity index (χ3v) is 0. The molecule has 5 heteroatoms. The van der Waals surface area contributed by atoms with Crippen LogP contribution in [-0.4, -0.2) is 10.4 Å². The van der Waals surface area contributed by atoms with E-state index in [0.29, 0.717) is 0 Å². The third-order valence-electron chi connectivity index (χ3n) is 0. The average molecular weight is 150 g/mol. The van der Waals surface area contributed by atoms with E-state index in [0.717, 1.165) is 0 Å². The summed E-state index contributed by atoms with van der Waals surface area (Å²) in [6, 6.07) is 0. The predicted octanol–water partition coefficient (Wildman–Crippen LogP) is 0.587. The average Bonchev–Trinajstić information content (AvgIpc) is 1.39. The molecular weight excluding hydrogens is 148 g/mol. The van der Waals surface area contributed by atoms with Crippen LogP contribution in [0.25, 0.3) is 10.0 Å². The van der Waals surface area contributed by atoms with Gasteiger partial charge in [0, 0.05) is 17.1 Å². The van der Waals surface area contributed by atoms with E-state index in [4.69, 9.17) is 23.6 Å². The van der Waals surface area contributed by atoms with Crippen LogP contribution < -0.4 is 0 Å². The van der Waals surface area contributed by atoms with Crippen molar-refractivity contribution >= 4 is 0 Å². The molecule has 0 aliphatic rings. The Labute approximate surface area is 51.4 Å². The van der Waals surface area contributed by atoms with Crippen molar-refractivity contribution in [3.05, 3.63) is 23.2 Å². The fourth-order valence-corrected chi connectivity index (χ4v) is 0. The summed E-state index contributed by atoms with van der Waals surface area (Å²) in [5.74, 6) is 0. The molecular formula is C2H2CuN2O2. The predicted molar refractivity (Wildman–Crippen MR) is 16.8 cm³/mol. The standard InChI is InChI=1S/2CHNO.Cu/c2*1-2-3;/h2*3H;. The van der Waals surface area contributed by atoms with Crippen LogP contribution in [-0.2, 0) is 17.1 Å². The fraction of sp³-hybridized carbons (Fsp3) is 0. The van der Waals surface area contributed by atoms with Gasteiger partial charge >= 0.3 is 0 Å². The van der Waals surface area contributed by atoms with Crippen molar-refractivity contribution < 1.29 is 27.5 Å². The van der Waals surface area contributed by atoms with Gasteiger partial charge in [-0.05, 0) is 10.0 Å². The van der Waals surface area contributed by atoms with Gasteiger partial charge in [0.1, 0.15) is 0 Å². The van der Waals surface area contributed by atoms with E-state index in [9.17, 15) is 0 Å². The minimum atomic E-state index is 0. The van der Waals surface area contributed by atoms with Gasteiger partial charge in [0.2, 0.25) is 0 Å². The smallest absolute Gasteiger partial charge is 0 e. The minimum Gasteiger partial charge on any atom is -0.213 e. The molecule has 0 saturated heterocycles. The van der Waals surface area contributed by atoms with Crippen molar-refractivity contribution in [3.8, 4) is 0 Å². The quantitative estimate of drug-likeness (QED) is 0.301. The van der Waals surface area contributed by atoms with E-state index in [-0.39, 0.29) is 17.1 Å². The summed E-state index contributed by atoms with van der Waals surface area (Å²) >= 11 is 0. The first-order chi connectivity index (χ1) is 2.83. The minimum absolute atomic E-state index is 0. The van der Waals surface area contributed by atoms with Gasteiger partial charge in [-0.2, -0.15) is 13.1 Å². The summed E-state index contributed by atoms with van der Waals surface area (Å²) in [4.78, 5) is 0. The Bertz CT molecular complexity index is 68.7. The Morgan fingerprint density at radius 2 is 1.00 bits per heavy atom. The summed E-state index contributed by atoms with van der Waals surface area (Å²) in [6.45, 7) is 10.8. The molecule has 0 saturated carbocycles. The van der Waals surface area contributed by atoms with Gasteiger partial charge in [-0.25, -0.2) is 10.4 Å². The number of nitrogens with zero attached hydrogens (tertiary/aromatic N) is 2. The molecule has 0 heterocycles. The number of hydrogen-bond acceptors (Lipinski definition) is 2. The van der Waals surface area contributed by atoms with Crippen LogP contribution in [0.3, 0.4) is 0 Å². The number of hydrogen-bond donors (Lipinski definition) is 2. The Balaban J connectivity index is -0.0000000400. The molecule has 43 valence electrons. The van der Waals surface area contributed by atoms with Crippen LogP contribution >= 0.6 is 0 Å². The first kappa shape index (κ1) is 16.5. The molecule has 0 atom stereocenters. The zero-order valence-corrected chi connectivity index (χ0v) is 4.03. The maximum atomic E-state index is 6.86. The van der Waals surface area contributed by atoms with E-state index < -0.39 is 0 Å². The van der Waals surface area contributed by atoms with Crippen LogP contribution in [0.1, 0.15) is 0 Å². The van der Waals surface area contributed by atoms with Crippen LogP contribution in [0, 0.1) is 13.1 Å². The van der Waals surface area contributed by atoms with Crippen molar-refractivity contribution in [2.45, 2.75) is 0 Å². The van der Waals surface area contributed by atoms with E-state index >= 15 is 0 Å². The zero-order chi connectivity index (χ0) is 5.41. The Morgan fingerprint density at radius 1 is 1.00 bits per heavy atom. The molecule has 4 nitrogen and oxygen atoms in total. The monoisotopic (exact) mass is 149 g/mol. The molecule has 0 bridgehead atoms. The summed E-state index contributed by atoms with van der Waals surface area (Å²) < 4.78 is 0. The van der Waals surface area contributed by atoms with Gasteiger partial charge in [-0.1, -0.05) is 0 Å². The second-order valence-corrected chi connectivity index (χ2v) is 0.200. The molecule has 0 aliphatic heterocycles. The van der Waals surface area contributed by atoms with E-state index in [1.807, 2.05) is 0 Å². The Kier molecular flexibility index (Phi) is 167. The molecule has 2 N–H and O–H groups in total. The topological polar surface area (TPSA) is 49.2 Å². The molecule has 0 aromatic carbocycles. The maximum Gasteiger partial charge on any atom is 0 e. The molecule has 7 heavy (non-hydrogen) atoms. The first-order valence-electron chi connectivity index (χ1n) is 0.847. The molecule has 1 radical (unpaired) electrons. The second-order valence-electron chi connectivity index (χ2n) is 0.200. The van der Waals surface area contributed by atoms with Gasteiger partial charge < -0.3 is 0 Å². The Hall–Kier alpha value is -0.901. The van der Waals surface area contributed by atoms with Gasteiger partial charge in [0.05, 0.1) is 0 Å². The fourth-order valence-electron chi connectivity index (χ4n) is 0. The van der Waals surface area contributed by atoms with Crippen molar-refractivity contribution in [1.82, 2.24) is 0 Å². The van der Waals surface area contributed by atoms with Crippen LogP contribution in [0.5, 0.6) is 0 Å². The van der Waals surface area contributed by atoms with Gasteiger partial charge in [0.15, 0.2) is 0 Å². The summed E-state index contributed by atoms with van der Waals surface area (Å²) in [5.41, 5.74) is 0. The van der Waals surface area contributed by atoms with Crippen LogP contribution in [0.15, 0.2) is 0 Å². The summed E-state index contributed by atoms with van der Waals surface area (Å²) in [6.07, 6.45) is 0. The van der Waals surface area contributed by atoms with Crippen molar-refractivity contribution in [3.63, 3.8) is 0 Å². The molecule has 0 fully saturated rings. The molecule has 0 unspecified atom stereocenters. The van der Waals surface area contributed by atoms with Crippen molar-refractivity contribution in [2.24, 2.45) is 0 Å². The second kappa shape index (κ2) is 70.9. The largest absolute Gasteiger partial charge is 0.213 e. The van der Waals surface area contributed by atoms with E-state index in [2.05, 4.69) is 0 Å². The van der Waals surface area contributed by atoms with Gasteiger partial charge in [0.25, 0.3) is 0 Å². The maximum absolute atomic E-state index is 6.86. The van der Waals surface area contributed by atoms with E-state index in [1.54, 1.807) is 10.0 Å².